The van der Waals surface area contributed by atoms with Gasteiger partial charge < -0.3 is 14.2 Å². The van der Waals surface area contributed by atoms with Crippen LogP contribution in [0.25, 0.3) is 11.3 Å². The Balaban J connectivity index is 1.23. The highest BCUT2D eigenvalue weighted by Crippen LogP contribution is 2.34. The van der Waals surface area contributed by atoms with Crippen molar-refractivity contribution in [2.75, 3.05) is 13.1 Å². The van der Waals surface area contributed by atoms with Crippen LogP contribution in [0.1, 0.15) is 51.4 Å². The van der Waals surface area contributed by atoms with Gasteiger partial charge in [-0.1, -0.05) is 16.8 Å². The summed E-state index contributed by atoms with van der Waals surface area (Å²) in [5, 5.41) is 8.30. The zero-order chi connectivity index (χ0) is 22.4. The van der Waals surface area contributed by atoms with Crippen molar-refractivity contribution in [3.63, 3.8) is 0 Å². The fourth-order valence-corrected chi connectivity index (χ4v) is 4.71. The number of aryl methyl sites for hydroxylation is 3. The first kappa shape index (κ1) is 20.5. The second-order valence-electron chi connectivity index (χ2n) is 8.79. The molecule has 0 saturated carbocycles. The molecule has 166 valence electrons. The van der Waals surface area contributed by atoms with E-state index in [1.54, 1.807) is 15.6 Å². The molecule has 0 N–H and O–H groups in total. The molecule has 3 aromatic rings. The molecule has 32 heavy (non-hydrogen) atoms. The average molecular weight is 434 g/mol. The van der Waals surface area contributed by atoms with E-state index in [1.807, 2.05) is 45.3 Å². The summed E-state index contributed by atoms with van der Waals surface area (Å²) in [5.74, 6) is 1.46. The number of piperidine rings is 1. The van der Waals surface area contributed by atoms with Crippen LogP contribution < -0.4 is 4.74 Å². The molecule has 1 atom stereocenters. The molecule has 1 amide bonds. The normalized spacial score (nSPS) is 19.0. The molecular weight excluding hydrogens is 408 g/mol. The largest absolute Gasteiger partial charge is 0.489 e. The highest BCUT2D eigenvalue weighted by molar-refractivity contribution is 6.00. The number of benzene rings is 1. The van der Waals surface area contributed by atoms with Gasteiger partial charge in [0, 0.05) is 38.8 Å². The Morgan fingerprint density at radius 2 is 1.91 bits per heavy atom. The molecule has 0 aliphatic carbocycles. The average Bonchev–Trinajstić information content (AvgIpc) is 3.39. The molecule has 2 aromatic heterocycles. The minimum atomic E-state index is -0.138. The number of rotatable bonds is 3. The van der Waals surface area contributed by atoms with Crippen LogP contribution in [0.3, 0.4) is 0 Å². The van der Waals surface area contributed by atoms with Crippen molar-refractivity contribution in [1.29, 1.82) is 0 Å². The van der Waals surface area contributed by atoms with Gasteiger partial charge in [0.05, 0.1) is 16.8 Å². The Morgan fingerprint density at radius 3 is 2.62 bits per heavy atom. The molecule has 1 fully saturated rings. The number of Topliss-reactive ketones (excluding diaryl/α,β-unsaturated/α-hetero) is 1. The van der Waals surface area contributed by atoms with Crippen LogP contribution in [0.2, 0.25) is 0 Å². The Hall–Kier alpha value is -3.42. The minimum Gasteiger partial charge on any atom is -0.489 e. The van der Waals surface area contributed by atoms with Gasteiger partial charge >= 0.3 is 0 Å². The molecule has 1 saturated heterocycles. The summed E-state index contributed by atoms with van der Waals surface area (Å²) in [4.78, 5) is 27.4. The van der Waals surface area contributed by atoms with E-state index in [9.17, 15) is 9.59 Å². The van der Waals surface area contributed by atoms with Crippen molar-refractivity contribution in [1.82, 2.24) is 19.8 Å². The Morgan fingerprint density at radius 1 is 1.12 bits per heavy atom. The molecule has 0 bridgehead atoms. The number of ketones is 1. The Bertz CT molecular complexity index is 1190. The molecular formula is C24H26N4O4. The van der Waals surface area contributed by atoms with Gasteiger partial charge in [-0.3, -0.25) is 14.3 Å². The van der Waals surface area contributed by atoms with Crippen molar-refractivity contribution < 1.29 is 18.8 Å². The summed E-state index contributed by atoms with van der Waals surface area (Å²) in [6.07, 6.45) is 3.68. The standard InChI is InChI=1S/C24H26N4O4/c1-14-4-5-21-17(10-14)20(29)12-22(31-21)16-6-8-28(9-7-16)24(30)19-11-23(32-26-19)18-13-27(3)25-15(18)2/h4-5,10-11,13,16,22H,6-9,12H2,1-3H3. The number of likely N-dealkylation sites (tertiary alicyclic amines) is 1. The molecule has 2 aliphatic heterocycles. The molecule has 4 heterocycles. The van der Waals surface area contributed by atoms with Crippen LogP contribution in [0.4, 0.5) is 0 Å². The molecule has 8 heteroatoms. The van der Waals surface area contributed by atoms with Gasteiger partial charge in [0.1, 0.15) is 11.9 Å². The third kappa shape index (κ3) is 3.70. The lowest BCUT2D eigenvalue weighted by molar-refractivity contribution is 0.0447. The van der Waals surface area contributed by atoms with Crippen molar-refractivity contribution in [3.8, 4) is 17.1 Å². The van der Waals surface area contributed by atoms with E-state index < -0.39 is 0 Å². The van der Waals surface area contributed by atoms with E-state index in [4.69, 9.17) is 9.26 Å². The third-order valence-electron chi connectivity index (χ3n) is 6.46. The summed E-state index contributed by atoms with van der Waals surface area (Å²) < 4.78 is 13.3. The maximum atomic E-state index is 13.0. The van der Waals surface area contributed by atoms with E-state index in [0.29, 0.717) is 42.3 Å². The van der Waals surface area contributed by atoms with Gasteiger partial charge in [0.25, 0.3) is 5.91 Å². The van der Waals surface area contributed by atoms with E-state index in [2.05, 4.69) is 10.3 Å². The fourth-order valence-electron chi connectivity index (χ4n) is 4.71. The number of nitrogens with zero attached hydrogens (tertiary/aromatic N) is 4. The van der Waals surface area contributed by atoms with Crippen molar-refractivity contribution in [3.05, 3.63) is 53.0 Å². The monoisotopic (exact) mass is 434 g/mol. The lowest BCUT2D eigenvalue weighted by Crippen LogP contribution is -2.44. The number of hydrogen-bond acceptors (Lipinski definition) is 6. The van der Waals surface area contributed by atoms with E-state index >= 15 is 0 Å². The smallest absolute Gasteiger partial charge is 0.276 e. The fraction of sp³-hybridized carbons (Fsp3) is 0.417. The predicted octanol–water partition coefficient (Wildman–Crippen LogP) is 3.58. The summed E-state index contributed by atoms with van der Waals surface area (Å²) in [7, 11) is 1.84. The lowest BCUT2D eigenvalue weighted by Gasteiger charge is -2.37. The molecule has 2 aliphatic rings. The molecule has 8 nitrogen and oxygen atoms in total. The van der Waals surface area contributed by atoms with Crippen LogP contribution in [0, 0.1) is 19.8 Å². The Kier molecular flexibility index (Phi) is 5.07. The zero-order valence-electron chi connectivity index (χ0n) is 18.5. The maximum absolute atomic E-state index is 13.0. The summed E-state index contributed by atoms with van der Waals surface area (Å²) in [5.41, 5.74) is 3.69. The van der Waals surface area contributed by atoms with Gasteiger partial charge in [0.2, 0.25) is 0 Å². The van der Waals surface area contributed by atoms with Gasteiger partial charge in [-0.15, -0.1) is 0 Å². The summed E-state index contributed by atoms with van der Waals surface area (Å²) in [6, 6.07) is 7.43. The SMILES string of the molecule is Cc1ccc2c(c1)C(=O)CC(C1CCN(C(=O)c3cc(-c4cn(C)nc4C)on3)CC1)O2. The second-order valence-corrected chi connectivity index (χ2v) is 8.79. The maximum Gasteiger partial charge on any atom is 0.276 e. The van der Waals surface area contributed by atoms with Crippen molar-refractivity contribution in [2.45, 2.75) is 39.2 Å². The number of hydrogen-bond donors (Lipinski definition) is 0. The number of amides is 1. The lowest BCUT2D eigenvalue weighted by atomic mass is 9.85. The highest BCUT2D eigenvalue weighted by Gasteiger charge is 2.35. The number of fused-ring (bicyclic) bond motifs is 1. The number of ether oxygens (including phenoxy) is 1. The predicted molar refractivity (Wildman–Crippen MR) is 117 cm³/mol. The molecule has 0 radical (unpaired) electrons. The van der Waals surface area contributed by atoms with Crippen LogP contribution in [0.15, 0.2) is 35.0 Å². The molecule has 0 spiro atoms. The van der Waals surface area contributed by atoms with Crippen molar-refractivity contribution >= 4 is 11.7 Å². The first-order valence-electron chi connectivity index (χ1n) is 11.0. The Labute approximate surface area is 186 Å². The molecule has 1 aromatic carbocycles. The minimum absolute atomic E-state index is 0.137. The topological polar surface area (TPSA) is 90.5 Å². The quantitative estimate of drug-likeness (QED) is 0.626. The second kappa shape index (κ2) is 7.93. The number of carbonyl (C=O) groups is 2. The van der Waals surface area contributed by atoms with Gasteiger partial charge in [-0.25, -0.2) is 0 Å². The third-order valence-corrected chi connectivity index (χ3v) is 6.46. The van der Waals surface area contributed by atoms with Crippen molar-refractivity contribution in [2.24, 2.45) is 13.0 Å². The first-order valence-corrected chi connectivity index (χ1v) is 11.0. The van der Waals surface area contributed by atoms with Crippen LogP contribution in [0.5, 0.6) is 5.75 Å². The number of aromatic nitrogens is 3. The van der Waals surface area contributed by atoms with E-state index in [1.165, 1.54) is 0 Å². The molecule has 5 rings (SSSR count). The van der Waals surface area contributed by atoms with Crippen LogP contribution >= 0.6 is 0 Å². The van der Waals surface area contributed by atoms with Gasteiger partial charge in [-0.05, 0) is 44.7 Å². The number of carbonyl (C=O) groups excluding carboxylic acids is 2. The van der Waals surface area contributed by atoms with E-state index in [-0.39, 0.29) is 23.7 Å². The highest BCUT2D eigenvalue weighted by atomic mass is 16.5. The van der Waals surface area contributed by atoms with Crippen LogP contribution in [-0.4, -0.2) is 50.7 Å². The zero-order valence-corrected chi connectivity index (χ0v) is 18.5. The first-order chi connectivity index (χ1) is 15.4. The summed E-state index contributed by atoms with van der Waals surface area (Å²) >= 11 is 0. The molecule has 1 unspecified atom stereocenters. The summed E-state index contributed by atoms with van der Waals surface area (Å²) in [6.45, 7) is 5.07. The van der Waals surface area contributed by atoms with Gasteiger partial charge in [-0.2, -0.15) is 5.10 Å². The van der Waals surface area contributed by atoms with E-state index in [0.717, 1.165) is 29.7 Å². The van der Waals surface area contributed by atoms with Gasteiger partial charge in [0.15, 0.2) is 17.2 Å². The van der Waals surface area contributed by atoms with Crippen LogP contribution in [-0.2, 0) is 7.05 Å².